The van der Waals surface area contributed by atoms with Crippen LogP contribution in [0.2, 0.25) is 0 Å². The second-order valence-electron chi connectivity index (χ2n) is 25.8. The molecule has 0 spiro atoms. The zero-order chi connectivity index (χ0) is 47.4. The highest BCUT2D eigenvalue weighted by Crippen LogP contribution is 2.55. The Labute approximate surface area is 404 Å². The van der Waals surface area contributed by atoms with Crippen LogP contribution < -0.4 is 26.4 Å². The van der Waals surface area contributed by atoms with Crippen LogP contribution in [-0.2, 0) is 32.5 Å². The van der Waals surface area contributed by atoms with Crippen molar-refractivity contribution < 1.29 is 8.83 Å². The van der Waals surface area contributed by atoms with Gasteiger partial charge in [0.1, 0.15) is 16.7 Å². The predicted octanol–water partition coefficient (Wildman–Crippen LogP) is 15.8. The minimum atomic E-state index is -0.136. The first kappa shape index (κ1) is 42.4. The summed E-state index contributed by atoms with van der Waals surface area (Å²) in [6.45, 7) is 31.6. The summed E-state index contributed by atoms with van der Waals surface area (Å²) in [4.78, 5) is 5.26. The van der Waals surface area contributed by atoms with Crippen LogP contribution in [0.3, 0.4) is 0 Å². The van der Waals surface area contributed by atoms with Gasteiger partial charge in [-0.25, -0.2) is 0 Å². The van der Waals surface area contributed by atoms with Crippen molar-refractivity contribution >= 4 is 90.3 Å². The van der Waals surface area contributed by atoms with Crippen molar-refractivity contribution in [2.75, 3.05) is 9.80 Å². The van der Waals surface area contributed by atoms with Crippen molar-refractivity contribution in [1.29, 1.82) is 0 Å². The van der Waals surface area contributed by atoms with Crippen molar-refractivity contribution in [2.45, 2.75) is 161 Å². The highest BCUT2D eigenvalue weighted by atomic mass is 16.3. The second-order valence-corrected chi connectivity index (χ2v) is 25.8. The van der Waals surface area contributed by atoms with Gasteiger partial charge in [-0.1, -0.05) is 119 Å². The molecule has 0 radical (unpaired) electrons. The van der Waals surface area contributed by atoms with Gasteiger partial charge in [-0.05, 0) is 188 Å². The van der Waals surface area contributed by atoms with Gasteiger partial charge in [-0.2, -0.15) is 0 Å². The van der Waals surface area contributed by atoms with Crippen LogP contribution in [0, 0.1) is 6.92 Å². The summed E-state index contributed by atoms with van der Waals surface area (Å²) in [5.74, 6) is 0. The number of benzene rings is 6. The molecule has 4 heterocycles. The van der Waals surface area contributed by atoms with E-state index >= 15 is 0 Å². The van der Waals surface area contributed by atoms with E-state index in [0.29, 0.717) is 0 Å². The molecule has 0 amide bonds. The van der Waals surface area contributed by atoms with E-state index < -0.39 is 0 Å². The van der Waals surface area contributed by atoms with E-state index in [1.165, 1.54) is 90.1 Å². The Hall–Kier alpha value is -5.68. The molecule has 2 aliphatic heterocycles. The molecule has 0 unspecified atom stereocenters. The first-order valence-electron chi connectivity index (χ1n) is 25.7. The maximum Gasteiger partial charge on any atom is 0.297 e. The highest BCUT2D eigenvalue weighted by molar-refractivity contribution is 7.00. The third-order valence-corrected chi connectivity index (χ3v) is 18.5. The van der Waals surface area contributed by atoms with Crippen LogP contribution in [0.4, 0.5) is 34.1 Å². The molecule has 0 atom stereocenters. The second kappa shape index (κ2) is 13.3. The zero-order valence-corrected chi connectivity index (χ0v) is 42.8. The molecule has 68 heavy (non-hydrogen) atoms. The van der Waals surface area contributed by atoms with Crippen LogP contribution in [0.15, 0.2) is 106 Å². The van der Waals surface area contributed by atoms with Gasteiger partial charge in [0.05, 0.1) is 22.4 Å². The number of hydrogen-bond acceptors (Lipinski definition) is 4. The molecule has 0 saturated heterocycles. The SMILES string of the molecule is Cc1cc2c3c(c1)N(c1cccc4oc5ccccc5c14)c1cc4c(cc1B3c1oc3cc5c(cc3c1N2c1ccc2c(c1)C(C)(C)CCC2(C)C)C(C)(C)CCC5(C)C)C(C)(C)CCC4(C)C. The lowest BCUT2D eigenvalue weighted by Gasteiger charge is -2.47. The monoisotopic (exact) mass is 895 g/mol. The molecule has 13 rings (SSSR count). The van der Waals surface area contributed by atoms with E-state index in [1.807, 2.05) is 0 Å². The number of hydrogen-bond donors (Lipinski definition) is 0. The molecular formula is C63H67BN2O2. The van der Waals surface area contributed by atoms with E-state index in [9.17, 15) is 0 Å². The molecule has 0 bridgehead atoms. The number of anilines is 6. The Morgan fingerprint density at radius 1 is 0.426 bits per heavy atom. The third-order valence-electron chi connectivity index (χ3n) is 18.5. The predicted molar refractivity (Wildman–Crippen MR) is 288 cm³/mol. The third kappa shape index (κ3) is 5.68. The normalized spacial score (nSPS) is 20.7. The molecule has 3 aliphatic carbocycles. The largest absolute Gasteiger partial charge is 0.468 e. The Bertz CT molecular complexity index is 3520. The summed E-state index contributed by atoms with van der Waals surface area (Å²) in [6, 6.07) is 37.9. The standard InChI is InChI=1S/C63H67BN2O2/c1-36-29-49-55-50(30-36)66(47-18-16-20-52-54(47)38-17-14-15-19-51(38)67-52)48-34-44-43(61(8,9)26-27-62(44,10)11)33-46(48)64(55)57-56(39-32-42-45(35-53(39)68-57)63(12,13)28-25-60(42,6)7)65(49)37-21-22-40-41(31-37)59(4,5)24-23-58(40,2)3/h14-22,29-35H,23-28H2,1-13H3. The van der Waals surface area contributed by atoms with E-state index in [-0.39, 0.29) is 39.2 Å². The smallest absolute Gasteiger partial charge is 0.297 e. The summed E-state index contributed by atoms with van der Waals surface area (Å²) in [5, 5.41) is 3.50. The first-order chi connectivity index (χ1) is 32.1. The van der Waals surface area contributed by atoms with E-state index in [4.69, 9.17) is 8.83 Å². The van der Waals surface area contributed by atoms with Gasteiger partial charge in [0.15, 0.2) is 0 Å². The molecule has 6 aromatic carbocycles. The van der Waals surface area contributed by atoms with Crippen molar-refractivity contribution in [3.63, 3.8) is 0 Å². The molecule has 344 valence electrons. The molecule has 8 aromatic rings. The topological polar surface area (TPSA) is 32.8 Å². The maximum atomic E-state index is 7.71. The molecule has 4 nitrogen and oxygen atoms in total. The van der Waals surface area contributed by atoms with Crippen LogP contribution in [0.25, 0.3) is 32.9 Å². The lowest BCUT2D eigenvalue weighted by molar-refractivity contribution is 0.332. The molecular weight excluding hydrogens is 828 g/mol. The first-order valence-corrected chi connectivity index (χ1v) is 25.7. The van der Waals surface area contributed by atoms with Gasteiger partial charge in [-0.3, -0.25) is 0 Å². The molecule has 0 fully saturated rings. The summed E-state index contributed by atoms with van der Waals surface area (Å²) >= 11 is 0. The summed E-state index contributed by atoms with van der Waals surface area (Å²) in [6.07, 6.45) is 6.95. The number of rotatable bonds is 2. The molecule has 5 aliphatic rings. The van der Waals surface area contributed by atoms with Gasteiger partial charge >= 0.3 is 0 Å². The Balaban J connectivity index is 1.19. The van der Waals surface area contributed by atoms with Crippen molar-refractivity contribution in [2.24, 2.45) is 0 Å². The van der Waals surface area contributed by atoms with Crippen LogP contribution in [0.5, 0.6) is 0 Å². The van der Waals surface area contributed by atoms with Gasteiger partial charge in [0.25, 0.3) is 6.71 Å². The average molecular weight is 895 g/mol. The van der Waals surface area contributed by atoms with Gasteiger partial charge in [0.2, 0.25) is 0 Å². The molecule has 2 aromatic heterocycles. The Morgan fingerprint density at radius 2 is 0.971 bits per heavy atom. The molecule has 0 saturated carbocycles. The van der Waals surface area contributed by atoms with E-state index in [2.05, 4.69) is 197 Å². The fourth-order valence-electron chi connectivity index (χ4n) is 13.9. The Morgan fingerprint density at radius 3 is 1.63 bits per heavy atom. The fraction of sp³-hybridized carbons (Fsp3) is 0.397. The van der Waals surface area contributed by atoms with Crippen molar-refractivity contribution in [1.82, 2.24) is 0 Å². The fourth-order valence-corrected chi connectivity index (χ4v) is 13.9. The number of fused-ring (bicyclic) bond motifs is 12. The number of para-hydroxylation sites is 1. The minimum absolute atomic E-state index is 0.0131. The highest BCUT2D eigenvalue weighted by Gasteiger charge is 2.50. The minimum Gasteiger partial charge on any atom is -0.468 e. The maximum absolute atomic E-state index is 7.71. The van der Waals surface area contributed by atoms with Gasteiger partial charge in [-0.15, -0.1) is 0 Å². The quantitative estimate of drug-likeness (QED) is 0.162. The van der Waals surface area contributed by atoms with Crippen LogP contribution in [0.1, 0.15) is 161 Å². The number of furan rings is 2. The van der Waals surface area contributed by atoms with Crippen molar-refractivity contribution in [3.05, 3.63) is 136 Å². The summed E-state index contributed by atoms with van der Waals surface area (Å²) in [5.41, 5.74) is 24.0. The van der Waals surface area contributed by atoms with Gasteiger partial charge < -0.3 is 18.6 Å². The summed E-state index contributed by atoms with van der Waals surface area (Å²) < 4.78 is 14.4. The van der Waals surface area contributed by atoms with Crippen molar-refractivity contribution in [3.8, 4) is 0 Å². The summed E-state index contributed by atoms with van der Waals surface area (Å²) in [7, 11) is 0. The molecule has 5 heteroatoms. The lowest BCUT2D eigenvalue weighted by Crippen LogP contribution is -2.61. The lowest BCUT2D eigenvalue weighted by atomic mass is 9.35. The van der Waals surface area contributed by atoms with Gasteiger partial charge in [0, 0.05) is 33.5 Å². The van der Waals surface area contributed by atoms with E-state index in [0.717, 1.165) is 71.0 Å². The number of aryl methyl sites for hydroxylation is 1. The Kier molecular flexibility index (Phi) is 8.33. The van der Waals surface area contributed by atoms with Crippen LogP contribution in [-0.4, -0.2) is 6.71 Å². The van der Waals surface area contributed by atoms with E-state index in [1.54, 1.807) is 0 Å². The number of nitrogens with zero attached hydrogens (tertiary/aromatic N) is 2. The van der Waals surface area contributed by atoms with Crippen LogP contribution >= 0.6 is 0 Å². The zero-order valence-electron chi connectivity index (χ0n) is 42.8. The average Bonchev–Trinajstić information content (AvgIpc) is 3.86. The molecule has 0 N–H and O–H groups in total.